The van der Waals surface area contributed by atoms with Crippen molar-refractivity contribution < 1.29 is 23.9 Å². The molecule has 0 fully saturated rings. The molecule has 3 aromatic carbocycles. The number of ether oxygens (including phenoxy) is 2. The van der Waals surface area contributed by atoms with Crippen molar-refractivity contribution in [2.24, 2.45) is 5.16 Å². The van der Waals surface area contributed by atoms with Gasteiger partial charge in [-0.1, -0.05) is 119 Å². The van der Waals surface area contributed by atoms with Gasteiger partial charge in [-0.05, 0) is 97.3 Å². The SMILES string of the molecule is CCCCCCCCCCc1ccc(-c2ccc(C(=O)Oc3ccc(C4=NOC(C(=O)OC(C)CCCCCC)C4)cc3)cc2)cc1Cl. The van der Waals surface area contributed by atoms with E-state index in [0.717, 1.165) is 53.8 Å². The lowest BCUT2D eigenvalue weighted by atomic mass is 9.99. The number of esters is 2. The van der Waals surface area contributed by atoms with Gasteiger partial charge in [0.2, 0.25) is 6.10 Å². The zero-order chi connectivity index (χ0) is 34.1. The van der Waals surface area contributed by atoms with E-state index in [1.165, 1.54) is 63.4 Å². The Morgan fingerprint density at radius 3 is 2.06 bits per heavy atom. The summed E-state index contributed by atoms with van der Waals surface area (Å²) in [5, 5.41) is 4.90. The van der Waals surface area contributed by atoms with Gasteiger partial charge < -0.3 is 14.3 Å². The minimum Gasteiger partial charge on any atom is -0.460 e. The zero-order valence-corrected chi connectivity index (χ0v) is 29.7. The largest absolute Gasteiger partial charge is 0.460 e. The highest BCUT2D eigenvalue weighted by Gasteiger charge is 2.31. The lowest BCUT2D eigenvalue weighted by Gasteiger charge is -2.15. The summed E-state index contributed by atoms with van der Waals surface area (Å²) in [5.41, 5.74) is 5.09. The summed E-state index contributed by atoms with van der Waals surface area (Å²) < 4.78 is 11.2. The molecule has 2 atom stereocenters. The van der Waals surface area contributed by atoms with E-state index in [1.807, 2.05) is 25.1 Å². The molecule has 3 aromatic rings. The Balaban J connectivity index is 1.21. The Bertz CT molecular complexity index is 1470. The molecular weight excluding hydrogens is 622 g/mol. The van der Waals surface area contributed by atoms with E-state index in [4.69, 9.17) is 25.9 Å². The minimum atomic E-state index is -0.743. The molecule has 1 aliphatic rings. The second-order valence-corrected chi connectivity index (χ2v) is 13.4. The molecule has 0 bridgehead atoms. The van der Waals surface area contributed by atoms with E-state index in [9.17, 15) is 9.59 Å². The minimum absolute atomic E-state index is 0.147. The van der Waals surface area contributed by atoms with Gasteiger partial charge in [-0.2, -0.15) is 0 Å². The quantitative estimate of drug-likeness (QED) is 0.0678. The second-order valence-electron chi connectivity index (χ2n) is 13.0. The molecule has 0 N–H and O–H groups in total. The Morgan fingerprint density at radius 2 is 1.40 bits per heavy atom. The first kappa shape index (κ1) is 37.2. The number of carbonyl (C=O) groups is 2. The molecule has 0 radical (unpaired) electrons. The Kier molecular flexibility index (Phi) is 15.5. The van der Waals surface area contributed by atoms with Crippen LogP contribution in [0.5, 0.6) is 5.75 Å². The van der Waals surface area contributed by atoms with Crippen LogP contribution in [0, 0.1) is 0 Å². The van der Waals surface area contributed by atoms with Crippen LogP contribution in [-0.2, 0) is 20.8 Å². The van der Waals surface area contributed by atoms with Crippen LogP contribution in [0.4, 0.5) is 0 Å². The molecule has 2 unspecified atom stereocenters. The first-order chi connectivity index (χ1) is 23.4. The van der Waals surface area contributed by atoms with E-state index in [2.05, 4.69) is 31.1 Å². The van der Waals surface area contributed by atoms with Crippen LogP contribution in [0.2, 0.25) is 5.02 Å². The Morgan fingerprint density at radius 1 is 0.792 bits per heavy atom. The van der Waals surface area contributed by atoms with Crippen LogP contribution in [-0.4, -0.2) is 29.9 Å². The molecule has 6 nitrogen and oxygen atoms in total. The van der Waals surface area contributed by atoms with Gasteiger partial charge in [-0.15, -0.1) is 0 Å². The molecule has 0 saturated carbocycles. The van der Waals surface area contributed by atoms with Crippen molar-refractivity contribution in [3.8, 4) is 16.9 Å². The van der Waals surface area contributed by atoms with Crippen LogP contribution in [0.25, 0.3) is 11.1 Å². The van der Waals surface area contributed by atoms with Crippen LogP contribution in [0.1, 0.15) is 132 Å². The zero-order valence-electron chi connectivity index (χ0n) is 29.0. The third-order valence-electron chi connectivity index (χ3n) is 8.92. The fraction of sp³-hybridized carbons (Fsp3) is 0.488. The van der Waals surface area contributed by atoms with Crippen molar-refractivity contribution >= 4 is 29.3 Å². The predicted octanol–water partition coefficient (Wildman–Crippen LogP) is 11.3. The predicted molar refractivity (Wildman–Crippen MR) is 195 cm³/mol. The number of halogens is 1. The highest BCUT2D eigenvalue weighted by Crippen LogP contribution is 2.28. The average Bonchev–Trinajstić information content (AvgIpc) is 3.60. The molecule has 7 heteroatoms. The van der Waals surface area contributed by atoms with Gasteiger partial charge >= 0.3 is 11.9 Å². The highest BCUT2D eigenvalue weighted by molar-refractivity contribution is 6.31. The van der Waals surface area contributed by atoms with Crippen molar-refractivity contribution in [3.05, 3.63) is 88.4 Å². The number of hydrogen-bond acceptors (Lipinski definition) is 6. The number of unbranched alkanes of at least 4 members (excludes halogenated alkanes) is 10. The lowest BCUT2D eigenvalue weighted by molar-refractivity contribution is -0.160. The molecule has 0 spiro atoms. The van der Waals surface area contributed by atoms with Gasteiger partial charge in [0.25, 0.3) is 0 Å². The van der Waals surface area contributed by atoms with E-state index in [0.29, 0.717) is 23.4 Å². The second kappa shape index (κ2) is 20.0. The highest BCUT2D eigenvalue weighted by atomic mass is 35.5. The average molecular weight is 674 g/mol. The topological polar surface area (TPSA) is 74.2 Å². The number of carbonyl (C=O) groups excluding carboxylic acids is 2. The normalized spacial score (nSPS) is 14.7. The maximum atomic E-state index is 12.9. The van der Waals surface area contributed by atoms with Gasteiger partial charge in [0, 0.05) is 11.4 Å². The van der Waals surface area contributed by atoms with Crippen LogP contribution >= 0.6 is 11.6 Å². The first-order valence-corrected chi connectivity index (χ1v) is 18.4. The summed E-state index contributed by atoms with van der Waals surface area (Å²) in [7, 11) is 0. The van der Waals surface area contributed by atoms with Gasteiger partial charge in [0.1, 0.15) is 5.75 Å². The van der Waals surface area contributed by atoms with E-state index < -0.39 is 12.1 Å². The van der Waals surface area contributed by atoms with Crippen molar-refractivity contribution in [1.82, 2.24) is 0 Å². The van der Waals surface area contributed by atoms with E-state index in [1.54, 1.807) is 36.4 Å². The van der Waals surface area contributed by atoms with Gasteiger partial charge in [0.15, 0.2) is 0 Å². The molecule has 0 saturated heterocycles. The summed E-state index contributed by atoms with van der Waals surface area (Å²) in [4.78, 5) is 30.8. The summed E-state index contributed by atoms with van der Waals surface area (Å²) in [6.45, 7) is 6.34. The summed E-state index contributed by atoms with van der Waals surface area (Å²) in [6.07, 6.45) is 16.2. The summed E-state index contributed by atoms with van der Waals surface area (Å²) >= 11 is 6.65. The van der Waals surface area contributed by atoms with Crippen molar-refractivity contribution in [1.29, 1.82) is 0 Å². The van der Waals surface area contributed by atoms with Crippen LogP contribution < -0.4 is 4.74 Å². The van der Waals surface area contributed by atoms with Gasteiger partial charge in [-0.3, -0.25) is 0 Å². The van der Waals surface area contributed by atoms with E-state index >= 15 is 0 Å². The molecule has 48 heavy (non-hydrogen) atoms. The van der Waals surface area contributed by atoms with Gasteiger partial charge in [0.05, 0.1) is 17.4 Å². The maximum Gasteiger partial charge on any atom is 0.350 e. The third kappa shape index (κ3) is 11.8. The smallest absolute Gasteiger partial charge is 0.350 e. The first-order valence-electron chi connectivity index (χ1n) is 18.0. The number of aryl methyl sites for hydroxylation is 1. The third-order valence-corrected chi connectivity index (χ3v) is 9.27. The molecule has 0 aromatic heterocycles. The van der Waals surface area contributed by atoms with E-state index in [-0.39, 0.29) is 12.1 Å². The molecule has 1 heterocycles. The fourth-order valence-electron chi connectivity index (χ4n) is 5.93. The van der Waals surface area contributed by atoms with Crippen LogP contribution in [0.15, 0.2) is 71.9 Å². The van der Waals surface area contributed by atoms with Crippen molar-refractivity contribution in [2.75, 3.05) is 0 Å². The molecular formula is C41H52ClNO5. The number of nitrogens with zero attached hydrogens (tertiary/aromatic N) is 1. The Hall–Kier alpha value is -3.64. The number of oxime groups is 1. The summed E-state index contributed by atoms with van der Waals surface area (Å²) in [5.74, 6) is -0.414. The number of hydrogen-bond donors (Lipinski definition) is 0. The molecule has 0 aliphatic carbocycles. The van der Waals surface area contributed by atoms with Crippen molar-refractivity contribution in [2.45, 2.75) is 129 Å². The summed E-state index contributed by atoms with van der Waals surface area (Å²) in [6, 6.07) is 20.6. The lowest BCUT2D eigenvalue weighted by Crippen LogP contribution is -2.27. The molecule has 1 aliphatic heterocycles. The van der Waals surface area contributed by atoms with Crippen LogP contribution in [0.3, 0.4) is 0 Å². The van der Waals surface area contributed by atoms with Crippen molar-refractivity contribution in [3.63, 3.8) is 0 Å². The molecule has 4 rings (SSSR count). The number of benzene rings is 3. The maximum absolute atomic E-state index is 12.9. The standard InChI is InChI=1S/C41H52ClNO5/c1-4-6-8-10-11-12-13-15-17-32-20-23-35(28-37(32)42)31-18-21-34(22-19-31)40(44)47-36-26-24-33(25-27-36)38-29-39(48-43-38)41(45)46-30(3)16-14-9-7-5-2/h18-28,30,39H,4-17,29H2,1-3H3. The molecule has 258 valence electrons. The monoisotopic (exact) mass is 673 g/mol. The fourth-order valence-corrected chi connectivity index (χ4v) is 6.20. The molecule has 0 amide bonds. The number of rotatable bonds is 20. The van der Waals surface area contributed by atoms with Gasteiger partial charge in [-0.25, -0.2) is 9.59 Å². The Labute approximate surface area is 292 Å².